The van der Waals surface area contributed by atoms with E-state index in [-0.39, 0.29) is 12.6 Å². The monoisotopic (exact) mass is 283 g/mol. The van der Waals surface area contributed by atoms with Gasteiger partial charge in [-0.25, -0.2) is 0 Å². The van der Waals surface area contributed by atoms with Gasteiger partial charge in [0, 0.05) is 6.04 Å². The maximum atomic E-state index is 8.60. The Kier molecular flexibility index (Phi) is 8.02. The number of rotatable bonds is 10. The highest BCUT2D eigenvalue weighted by Gasteiger charge is 2.09. The highest BCUT2D eigenvalue weighted by atomic mass is 16.5. The normalized spacial score (nSPS) is 12.2. The van der Waals surface area contributed by atoms with Gasteiger partial charge in [-0.1, -0.05) is 13.0 Å². The van der Waals surface area contributed by atoms with Gasteiger partial charge in [-0.3, -0.25) is 0 Å². The second kappa shape index (κ2) is 9.58. The molecule has 1 unspecified atom stereocenters. The zero-order valence-corrected chi connectivity index (χ0v) is 12.5. The Morgan fingerprint density at radius 2 is 2.00 bits per heavy atom. The van der Waals surface area contributed by atoms with Crippen LogP contribution in [0.1, 0.15) is 25.5 Å². The van der Waals surface area contributed by atoms with Crippen molar-refractivity contribution in [2.75, 3.05) is 40.1 Å². The first-order valence-electron chi connectivity index (χ1n) is 6.95. The number of hydrogen-bond acceptors (Lipinski definition) is 5. The molecule has 0 radical (unpaired) electrons. The van der Waals surface area contributed by atoms with Gasteiger partial charge in [0.05, 0.1) is 26.9 Å². The molecule has 0 amide bonds. The summed E-state index contributed by atoms with van der Waals surface area (Å²) in [5.41, 5.74) is 1.16. The van der Waals surface area contributed by atoms with E-state index in [1.165, 1.54) is 0 Å². The van der Waals surface area contributed by atoms with Crippen molar-refractivity contribution in [1.82, 2.24) is 5.32 Å². The number of hydrogen-bond donors (Lipinski definition) is 2. The molecular formula is C15H25NO4. The van der Waals surface area contributed by atoms with E-state index in [4.69, 9.17) is 19.3 Å². The molecule has 0 saturated heterocycles. The van der Waals surface area contributed by atoms with Gasteiger partial charge in [0.2, 0.25) is 0 Å². The summed E-state index contributed by atoms with van der Waals surface area (Å²) >= 11 is 0. The molecule has 114 valence electrons. The summed E-state index contributed by atoms with van der Waals surface area (Å²) in [6.07, 6.45) is 0. The fourth-order valence-electron chi connectivity index (χ4n) is 1.87. The SMILES string of the molecule is CCNC(C)c1ccc(OCCOCCO)c(OC)c1. The van der Waals surface area contributed by atoms with Gasteiger partial charge in [-0.05, 0) is 31.2 Å². The molecule has 1 rings (SSSR count). The number of aliphatic hydroxyl groups excluding tert-OH is 1. The minimum Gasteiger partial charge on any atom is -0.493 e. The number of nitrogens with one attached hydrogen (secondary N) is 1. The van der Waals surface area contributed by atoms with Gasteiger partial charge in [-0.2, -0.15) is 0 Å². The Labute approximate surface area is 120 Å². The second-order valence-electron chi connectivity index (χ2n) is 4.37. The van der Waals surface area contributed by atoms with Crippen LogP contribution >= 0.6 is 0 Å². The van der Waals surface area contributed by atoms with Crippen molar-refractivity contribution in [1.29, 1.82) is 0 Å². The first-order chi connectivity index (χ1) is 9.72. The summed E-state index contributed by atoms with van der Waals surface area (Å²) in [5, 5.41) is 12.0. The van der Waals surface area contributed by atoms with Crippen LogP contribution < -0.4 is 14.8 Å². The standard InChI is InChI=1S/C15H25NO4/c1-4-16-12(2)13-5-6-14(15(11-13)18-3)20-10-9-19-8-7-17/h5-6,11-12,16-17H,4,7-10H2,1-3H3. The molecule has 0 aromatic heterocycles. The van der Waals surface area contributed by atoms with Crippen LogP contribution in [0.25, 0.3) is 0 Å². The lowest BCUT2D eigenvalue weighted by Gasteiger charge is -2.16. The third-order valence-corrected chi connectivity index (χ3v) is 2.92. The fraction of sp³-hybridized carbons (Fsp3) is 0.600. The summed E-state index contributed by atoms with van der Waals surface area (Å²) in [7, 11) is 1.63. The van der Waals surface area contributed by atoms with Crippen LogP contribution in [0.3, 0.4) is 0 Å². The average molecular weight is 283 g/mol. The van der Waals surface area contributed by atoms with Gasteiger partial charge < -0.3 is 24.6 Å². The van der Waals surface area contributed by atoms with Gasteiger partial charge in [0.25, 0.3) is 0 Å². The molecule has 1 aromatic rings. The quantitative estimate of drug-likeness (QED) is 0.641. The van der Waals surface area contributed by atoms with Crippen LogP contribution in [0, 0.1) is 0 Å². The van der Waals surface area contributed by atoms with E-state index < -0.39 is 0 Å². The third-order valence-electron chi connectivity index (χ3n) is 2.92. The third kappa shape index (κ3) is 5.36. The van der Waals surface area contributed by atoms with Crippen molar-refractivity contribution in [3.8, 4) is 11.5 Å². The molecule has 0 aliphatic heterocycles. The summed E-state index contributed by atoms with van der Waals surface area (Å²) in [6.45, 7) is 6.35. The molecule has 5 nitrogen and oxygen atoms in total. The Hall–Kier alpha value is -1.30. The first-order valence-corrected chi connectivity index (χ1v) is 6.95. The number of benzene rings is 1. The summed E-state index contributed by atoms with van der Waals surface area (Å²) < 4.78 is 16.1. The lowest BCUT2D eigenvalue weighted by Crippen LogP contribution is -2.17. The Morgan fingerprint density at radius 3 is 2.65 bits per heavy atom. The van der Waals surface area contributed by atoms with Crippen LogP contribution in [0.4, 0.5) is 0 Å². The maximum Gasteiger partial charge on any atom is 0.161 e. The molecule has 0 fully saturated rings. The summed E-state index contributed by atoms with van der Waals surface area (Å²) in [6, 6.07) is 6.20. The van der Waals surface area contributed by atoms with Gasteiger partial charge in [0.1, 0.15) is 6.61 Å². The molecule has 0 bridgehead atoms. The fourth-order valence-corrected chi connectivity index (χ4v) is 1.87. The zero-order valence-electron chi connectivity index (χ0n) is 12.5. The summed E-state index contributed by atoms with van der Waals surface area (Å²) in [5.74, 6) is 1.42. The molecule has 0 aliphatic rings. The largest absolute Gasteiger partial charge is 0.493 e. The van der Waals surface area contributed by atoms with Crippen LogP contribution in [-0.2, 0) is 4.74 Å². The van der Waals surface area contributed by atoms with Gasteiger partial charge >= 0.3 is 0 Å². The highest BCUT2D eigenvalue weighted by molar-refractivity contribution is 5.43. The van der Waals surface area contributed by atoms with E-state index in [1.54, 1.807) is 7.11 Å². The predicted molar refractivity (Wildman–Crippen MR) is 78.5 cm³/mol. The van der Waals surface area contributed by atoms with E-state index in [2.05, 4.69) is 19.2 Å². The first kappa shape index (κ1) is 16.8. The van der Waals surface area contributed by atoms with E-state index in [0.29, 0.717) is 25.6 Å². The molecule has 0 spiro atoms. The van der Waals surface area contributed by atoms with Crippen LogP contribution in [-0.4, -0.2) is 45.2 Å². The molecule has 5 heteroatoms. The van der Waals surface area contributed by atoms with E-state index >= 15 is 0 Å². The van der Waals surface area contributed by atoms with Crippen molar-refractivity contribution in [2.24, 2.45) is 0 Å². The van der Waals surface area contributed by atoms with Crippen molar-refractivity contribution in [2.45, 2.75) is 19.9 Å². The molecule has 0 saturated carbocycles. The topological polar surface area (TPSA) is 60.0 Å². The Morgan fingerprint density at radius 1 is 1.20 bits per heavy atom. The minimum absolute atomic E-state index is 0.0281. The average Bonchev–Trinajstić information content (AvgIpc) is 2.47. The lowest BCUT2D eigenvalue weighted by molar-refractivity contribution is 0.0699. The molecule has 1 aromatic carbocycles. The predicted octanol–water partition coefficient (Wildman–Crippen LogP) is 1.75. The number of ether oxygens (including phenoxy) is 3. The Balaban J connectivity index is 2.58. The van der Waals surface area contributed by atoms with Crippen LogP contribution in [0.15, 0.2) is 18.2 Å². The summed E-state index contributed by atoms with van der Waals surface area (Å²) in [4.78, 5) is 0. The maximum absolute atomic E-state index is 8.60. The van der Waals surface area contributed by atoms with Crippen LogP contribution in [0.2, 0.25) is 0 Å². The van der Waals surface area contributed by atoms with Gasteiger partial charge in [0.15, 0.2) is 11.5 Å². The van der Waals surface area contributed by atoms with Crippen molar-refractivity contribution in [3.63, 3.8) is 0 Å². The molecule has 0 heterocycles. The molecule has 0 aliphatic carbocycles. The van der Waals surface area contributed by atoms with E-state index in [9.17, 15) is 0 Å². The number of aliphatic hydroxyl groups is 1. The smallest absolute Gasteiger partial charge is 0.161 e. The van der Waals surface area contributed by atoms with Crippen molar-refractivity contribution in [3.05, 3.63) is 23.8 Å². The Bertz CT molecular complexity index is 384. The van der Waals surface area contributed by atoms with Crippen LogP contribution in [0.5, 0.6) is 11.5 Å². The van der Waals surface area contributed by atoms with E-state index in [1.807, 2.05) is 18.2 Å². The molecule has 20 heavy (non-hydrogen) atoms. The lowest BCUT2D eigenvalue weighted by atomic mass is 10.1. The van der Waals surface area contributed by atoms with Gasteiger partial charge in [-0.15, -0.1) is 0 Å². The minimum atomic E-state index is 0.0281. The number of methoxy groups -OCH3 is 1. The zero-order chi connectivity index (χ0) is 14.8. The molecule has 2 N–H and O–H groups in total. The molecular weight excluding hydrogens is 258 g/mol. The second-order valence-corrected chi connectivity index (χ2v) is 4.37. The highest BCUT2D eigenvalue weighted by Crippen LogP contribution is 2.30. The van der Waals surface area contributed by atoms with Crippen molar-refractivity contribution >= 4 is 0 Å². The molecule has 1 atom stereocenters. The van der Waals surface area contributed by atoms with E-state index in [0.717, 1.165) is 17.9 Å². The van der Waals surface area contributed by atoms with Crippen molar-refractivity contribution < 1.29 is 19.3 Å².